The average molecular weight is 292 g/mol. The zero-order valence-electron chi connectivity index (χ0n) is 9.85. The molecule has 0 N–H and O–H groups in total. The zero-order valence-corrected chi connectivity index (χ0v) is 11.4. The van der Waals surface area contributed by atoms with Gasteiger partial charge in [-0.1, -0.05) is 30.3 Å². The van der Waals surface area contributed by atoms with E-state index < -0.39 is 0 Å². The van der Waals surface area contributed by atoms with E-state index >= 15 is 0 Å². The summed E-state index contributed by atoms with van der Waals surface area (Å²) in [6, 6.07) is 13.9. The normalized spacial score (nSPS) is 12.2. The minimum atomic E-state index is 0.00396. The minimum absolute atomic E-state index is 0.00396. The van der Waals surface area contributed by atoms with Crippen LogP contribution in [0.4, 0.5) is 0 Å². The molecule has 3 heteroatoms. The molecule has 2 rings (SSSR count). The molecule has 0 saturated carbocycles. The van der Waals surface area contributed by atoms with Gasteiger partial charge in [-0.15, -0.1) is 0 Å². The van der Waals surface area contributed by atoms with E-state index in [2.05, 4.69) is 33.0 Å². The Morgan fingerprint density at radius 1 is 1.12 bits per heavy atom. The maximum Gasteiger partial charge on any atom is 0.214 e. The summed E-state index contributed by atoms with van der Waals surface area (Å²) in [4.78, 5) is 4.37. The first-order valence-electron chi connectivity index (χ1n) is 5.51. The third-order valence-electron chi connectivity index (χ3n) is 2.56. The van der Waals surface area contributed by atoms with Crippen molar-refractivity contribution in [3.63, 3.8) is 0 Å². The first-order chi connectivity index (χ1) is 8.16. The number of pyridine rings is 1. The summed E-state index contributed by atoms with van der Waals surface area (Å²) < 4.78 is 6.80. The third kappa shape index (κ3) is 3.07. The van der Waals surface area contributed by atoms with E-state index in [0.717, 1.165) is 15.7 Å². The highest BCUT2D eigenvalue weighted by atomic mass is 79.9. The number of nitrogens with zero attached hydrogens (tertiary/aromatic N) is 1. The summed E-state index contributed by atoms with van der Waals surface area (Å²) >= 11 is 3.42. The molecule has 0 aliphatic carbocycles. The summed E-state index contributed by atoms with van der Waals surface area (Å²) in [7, 11) is 0. The number of aryl methyl sites for hydroxylation is 1. The van der Waals surface area contributed by atoms with Crippen LogP contribution in [0.2, 0.25) is 0 Å². The fraction of sp³-hybridized carbons (Fsp3) is 0.214. The summed E-state index contributed by atoms with van der Waals surface area (Å²) in [6.07, 6.45) is 0.00396. The Labute approximate surface area is 110 Å². The SMILES string of the molecule is Cc1nc(OC(C)c2ccccc2)ccc1Br. The molecule has 0 aliphatic rings. The van der Waals surface area contributed by atoms with Crippen molar-refractivity contribution in [3.05, 3.63) is 58.2 Å². The molecule has 1 unspecified atom stereocenters. The molecule has 1 aromatic heterocycles. The van der Waals surface area contributed by atoms with Gasteiger partial charge >= 0.3 is 0 Å². The maximum absolute atomic E-state index is 5.80. The van der Waals surface area contributed by atoms with Crippen LogP contribution in [0, 0.1) is 6.92 Å². The number of rotatable bonds is 3. The van der Waals surface area contributed by atoms with Crippen LogP contribution in [0.5, 0.6) is 5.88 Å². The van der Waals surface area contributed by atoms with Gasteiger partial charge in [0.15, 0.2) is 0 Å². The molecule has 2 nitrogen and oxygen atoms in total. The van der Waals surface area contributed by atoms with Gasteiger partial charge in [-0.2, -0.15) is 0 Å². The van der Waals surface area contributed by atoms with E-state index in [1.54, 1.807) is 0 Å². The smallest absolute Gasteiger partial charge is 0.214 e. The van der Waals surface area contributed by atoms with Crippen molar-refractivity contribution >= 4 is 15.9 Å². The van der Waals surface area contributed by atoms with Crippen LogP contribution in [-0.4, -0.2) is 4.98 Å². The van der Waals surface area contributed by atoms with E-state index in [1.165, 1.54) is 0 Å². The van der Waals surface area contributed by atoms with Crippen molar-refractivity contribution in [2.45, 2.75) is 20.0 Å². The number of halogens is 1. The van der Waals surface area contributed by atoms with E-state index in [9.17, 15) is 0 Å². The van der Waals surface area contributed by atoms with Crippen LogP contribution < -0.4 is 4.74 Å². The van der Waals surface area contributed by atoms with Gasteiger partial charge in [0.05, 0.1) is 5.69 Å². The molecular weight excluding hydrogens is 278 g/mol. The highest BCUT2D eigenvalue weighted by molar-refractivity contribution is 9.10. The molecule has 2 aromatic rings. The van der Waals surface area contributed by atoms with Gasteiger partial charge in [-0.05, 0) is 41.4 Å². The quantitative estimate of drug-likeness (QED) is 0.841. The predicted molar refractivity (Wildman–Crippen MR) is 72.2 cm³/mol. The molecule has 0 amide bonds. The van der Waals surface area contributed by atoms with Crippen LogP contribution >= 0.6 is 15.9 Å². The van der Waals surface area contributed by atoms with Gasteiger partial charge in [-0.25, -0.2) is 4.98 Å². The summed E-state index contributed by atoms with van der Waals surface area (Å²) in [6.45, 7) is 3.97. The van der Waals surface area contributed by atoms with Crippen molar-refractivity contribution in [2.24, 2.45) is 0 Å². The lowest BCUT2D eigenvalue weighted by atomic mass is 10.1. The molecule has 1 atom stereocenters. The second-order valence-corrected chi connectivity index (χ2v) is 4.74. The molecule has 0 radical (unpaired) electrons. The van der Waals surface area contributed by atoms with Crippen LogP contribution in [-0.2, 0) is 0 Å². The van der Waals surface area contributed by atoms with Crippen molar-refractivity contribution < 1.29 is 4.74 Å². The fourth-order valence-corrected chi connectivity index (χ4v) is 1.78. The maximum atomic E-state index is 5.80. The zero-order chi connectivity index (χ0) is 12.3. The monoisotopic (exact) mass is 291 g/mol. The van der Waals surface area contributed by atoms with Gasteiger partial charge in [0.1, 0.15) is 6.10 Å². The third-order valence-corrected chi connectivity index (χ3v) is 3.40. The average Bonchev–Trinajstić information content (AvgIpc) is 2.35. The second kappa shape index (κ2) is 5.32. The number of benzene rings is 1. The van der Waals surface area contributed by atoms with E-state index in [0.29, 0.717) is 5.88 Å². The summed E-state index contributed by atoms with van der Waals surface area (Å²) in [5.41, 5.74) is 2.08. The van der Waals surface area contributed by atoms with Crippen molar-refractivity contribution in [2.75, 3.05) is 0 Å². The molecule has 0 fully saturated rings. The Kier molecular flexibility index (Phi) is 3.79. The Morgan fingerprint density at radius 3 is 2.47 bits per heavy atom. The Bertz CT molecular complexity index is 499. The first-order valence-corrected chi connectivity index (χ1v) is 6.31. The van der Waals surface area contributed by atoms with Crippen LogP contribution in [0.1, 0.15) is 24.3 Å². The van der Waals surface area contributed by atoms with Gasteiger partial charge in [0, 0.05) is 10.5 Å². The predicted octanol–water partition coefficient (Wildman–Crippen LogP) is 4.29. The van der Waals surface area contributed by atoms with Gasteiger partial charge < -0.3 is 4.74 Å². The number of hydrogen-bond donors (Lipinski definition) is 0. The topological polar surface area (TPSA) is 22.1 Å². The highest BCUT2D eigenvalue weighted by Gasteiger charge is 2.08. The second-order valence-electron chi connectivity index (χ2n) is 3.89. The van der Waals surface area contributed by atoms with Crippen LogP contribution in [0.15, 0.2) is 46.9 Å². The van der Waals surface area contributed by atoms with Gasteiger partial charge in [0.25, 0.3) is 0 Å². The van der Waals surface area contributed by atoms with Gasteiger partial charge in [-0.3, -0.25) is 0 Å². The van der Waals surface area contributed by atoms with Crippen molar-refractivity contribution in [1.82, 2.24) is 4.98 Å². The molecule has 0 spiro atoms. The number of aromatic nitrogens is 1. The van der Waals surface area contributed by atoms with E-state index in [4.69, 9.17) is 4.74 Å². The summed E-state index contributed by atoms with van der Waals surface area (Å²) in [5.74, 6) is 0.655. The van der Waals surface area contributed by atoms with Crippen LogP contribution in [0.25, 0.3) is 0 Å². The van der Waals surface area contributed by atoms with E-state index in [-0.39, 0.29) is 6.10 Å². The molecule has 0 bridgehead atoms. The molecule has 88 valence electrons. The Balaban J connectivity index is 2.13. The lowest BCUT2D eigenvalue weighted by Crippen LogP contribution is -2.04. The molecule has 0 aliphatic heterocycles. The standard InChI is InChI=1S/C14H14BrNO/c1-10-13(15)8-9-14(16-10)17-11(2)12-6-4-3-5-7-12/h3-9,11H,1-2H3. The largest absolute Gasteiger partial charge is 0.470 e. The molecule has 17 heavy (non-hydrogen) atoms. The summed E-state index contributed by atoms with van der Waals surface area (Å²) in [5, 5.41) is 0. The molecule has 0 saturated heterocycles. The highest BCUT2D eigenvalue weighted by Crippen LogP contribution is 2.22. The van der Waals surface area contributed by atoms with Gasteiger partial charge in [0.2, 0.25) is 5.88 Å². The number of ether oxygens (including phenoxy) is 1. The fourth-order valence-electron chi connectivity index (χ4n) is 1.56. The van der Waals surface area contributed by atoms with E-state index in [1.807, 2.05) is 44.2 Å². The first kappa shape index (κ1) is 12.1. The Morgan fingerprint density at radius 2 is 1.82 bits per heavy atom. The molecular formula is C14H14BrNO. The lowest BCUT2D eigenvalue weighted by Gasteiger charge is -2.14. The number of hydrogen-bond acceptors (Lipinski definition) is 2. The molecule has 1 heterocycles. The van der Waals surface area contributed by atoms with Crippen molar-refractivity contribution in [1.29, 1.82) is 0 Å². The molecule has 1 aromatic carbocycles. The van der Waals surface area contributed by atoms with Crippen LogP contribution in [0.3, 0.4) is 0 Å². The Hall–Kier alpha value is -1.35. The minimum Gasteiger partial charge on any atom is -0.470 e. The lowest BCUT2D eigenvalue weighted by molar-refractivity contribution is 0.217. The van der Waals surface area contributed by atoms with Crippen molar-refractivity contribution in [3.8, 4) is 5.88 Å².